The molecule has 0 spiro atoms. The van der Waals surface area contributed by atoms with E-state index in [2.05, 4.69) is 43.3 Å². The van der Waals surface area contributed by atoms with E-state index >= 15 is 0 Å². The van der Waals surface area contributed by atoms with Crippen LogP contribution < -0.4 is 5.73 Å². The summed E-state index contributed by atoms with van der Waals surface area (Å²) in [5.41, 5.74) is 8.98. The van der Waals surface area contributed by atoms with Gasteiger partial charge in [-0.05, 0) is 38.1 Å². The van der Waals surface area contributed by atoms with Gasteiger partial charge in [-0.3, -0.25) is 0 Å². The summed E-state index contributed by atoms with van der Waals surface area (Å²) in [4.78, 5) is 2.20. The zero-order chi connectivity index (χ0) is 10.9. The van der Waals surface area contributed by atoms with Crippen molar-refractivity contribution in [1.29, 1.82) is 0 Å². The van der Waals surface area contributed by atoms with E-state index in [1.165, 1.54) is 24.0 Å². The van der Waals surface area contributed by atoms with E-state index in [9.17, 15) is 0 Å². The summed E-state index contributed by atoms with van der Waals surface area (Å²) in [6, 6.07) is 8.89. The molecule has 0 heterocycles. The number of hydrogen-bond acceptors (Lipinski definition) is 2. The van der Waals surface area contributed by atoms with Crippen molar-refractivity contribution in [2.45, 2.75) is 24.8 Å². The van der Waals surface area contributed by atoms with E-state index in [-0.39, 0.29) is 0 Å². The van der Waals surface area contributed by atoms with Crippen molar-refractivity contribution in [1.82, 2.24) is 4.90 Å². The van der Waals surface area contributed by atoms with Crippen molar-refractivity contribution < 1.29 is 0 Å². The molecule has 0 atom stereocenters. The van der Waals surface area contributed by atoms with Crippen LogP contribution in [-0.2, 0) is 12.0 Å². The van der Waals surface area contributed by atoms with Crippen molar-refractivity contribution >= 4 is 0 Å². The summed E-state index contributed by atoms with van der Waals surface area (Å²) >= 11 is 0. The van der Waals surface area contributed by atoms with Gasteiger partial charge in [0.05, 0.1) is 0 Å². The minimum Gasteiger partial charge on any atom is -0.330 e. The Hall–Kier alpha value is -0.860. The molecule has 1 aliphatic rings. The summed E-state index contributed by atoms with van der Waals surface area (Å²) < 4.78 is 0. The van der Waals surface area contributed by atoms with E-state index in [0.29, 0.717) is 5.41 Å². The molecule has 1 saturated carbocycles. The maximum atomic E-state index is 5.84. The van der Waals surface area contributed by atoms with E-state index in [4.69, 9.17) is 5.73 Å². The van der Waals surface area contributed by atoms with Crippen LogP contribution in [0.1, 0.15) is 24.0 Å². The van der Waals surface area contributed by atoms with Gasteiger partial charge in [-0.25, -0.2) is 0 Å². The highest BCUT2D eigenvalue weighted by Crippen LogP contribution is 2.47. The monoisotopic (exact) mass is 204 g/mol. The van der Waals surface area contributed by atoms with Crippen molar-refractivity contribution in [3.05, 3.63) is 35.4 Å². The Kier molecular flexibility index (Phi) is 2.81. The molecule has 2 rings (SSSR count). The van der Waals surface area contributed by atoms with Gasteiger partial charge in [0, 0.05) is 18.5 Å². The molecule has 0 saturated heterocycles. The van der Waals surface area contributed by atoms with Crippen molar-refractivity contribution in [3.63, 3.8) is 0 Å². The number of nitrogens with two attached hydrogens (primary N) is 1. The third-order valence-corrected chi connectivity index (χ3v) is 3.28. The Labute approximate surface area is 92.1 Å². The molecule has 2 N–H and O–H groups in total. The first-order valence-corrected chi connectivity index (χ1v) is 5.60. The molecule has 2 nitrogen and oxygen atoms in total. The predicted octanol–water partition coefficient (Wildman–Crippen LogP) is 1.74. The fourth-order valence-corrected chi connectivity index (χ4v) is 2.13. The first kappa shape index (κ1) is 10.7. The number of nitrogens with zero attached hydrogens (tertiary/aromatic N) is 1. The van der Waals surface area contributed by atoms with Crippen molar-refractivity contribution in [2.75, 3.05) is 20.6 Å². The Morgan fingerprint density at radius 2 is 2.07 bits per heavy atom. The van der Waals surface area contributed by atoms with E-state index in [0.717, 1.165) is 13.1 Å². The number of rotatable bonds is 4. The van der Waals surface area contributed by atoms with Gasteiger partial charge >= 0.3 is 0 Å². The molecule has 1 aliphatic carbocycles. The first-order chi connectivity index (χ1) is 7.16. The minimum atomic E-state index is 0.322. The maximum Gasteiger partial charge on any atom is 0.0227 e. The molecule has 0 unspecified atom stereocenters. The minimum absolute atomic E-state index is 0.322. The second-order valence-corrected chi connectivity index (χ2v) is 4.92. The van der Waals surface area contributed by atoms with Gasteiger partial charge in [0.1, 0.15) is 0 Å². The molecule has 1 aromatic carbocycles. The molecule has 0 aromatic heterocycles. The normalized spacial score (nSPS) is 18.1. The fraction of sp³-hybridized carbons (Fsp3) is 0.538. The fourth-order valence-electron chi connectivity index (χ4n) is 2.13. The lowest BCUT2D eigenvalue weighted by molar-refractivity contribution is 0.402. The van der Waals surface area contributed by atoms with Gasteiger partial charge in [-0.15, -0.1) is 0 Å². The summed E-state index contributed by atoms with van der Waals surface area (Å²) in [5.74, 6) is 0. The molecule has 0 amide bonds. The summed E-state index contributed by atoms with van der Waals surface area (Å²) in [7, 11) is 4.20. The largest absolute Gasteiger partial charge is 0.330 e. The molecule has 1 fully saturated rings. The Morgan fingerprint density at radius 1 is 1.33 bits per heavy atom. The predicted molar refractivity (Wildman–Crippen MR) is 63.8 cm³/mol. The third-order valence-electron chi connectivity index (χ3n) is 3.28. The Bertz CT molecular complexity index is 340. The highest BCUT2D eigenvalue weighted by molar-refractivity contribution is 5.35. The van der Waals surface area contributed by atoms with Crippen LogP contribution in [0.15, 0.2) is 24.3 Å². The van der Waals surface area contributed by atoms with Crippen LogP contribution in [0, 0.1) is 0 Å². The standard InChI is InChI=1S/C13H20N2/c1-15(2)9-11-4-3-5-12(8-11)13(10-14)6-7-13/h3-5,8H,6-7,9-10,14H2,1-2H3. The molecule has 0 aliphatic heterocycles. The smallest absolute Gasteiger partial charge is 0.0227 e. The van der Waals surface area contributed by atoms with Gasteiger partial charge in [-0.2, -0.15) is 0 Å². The van der Waals surface area contributed by atoms with Crippen LogP contribution in [0.2, 0.25) is 0 Å². The summed E-state index contributed by atoms with van der Waals surface area (Å²) in [6.45, 7) is 1.80. The molecular formula is C13H20N2. The van der Waals surface area contributed by atoms with E-state index in [1.807, 2.05) is 0 Å². The highest BCUT2D eigenvalue weighted by atomic mass is 15.0. The lowest BCUT2D eigenvalue weighted by Gasteiger charge is -2.15. The molecule has 15 heavy (non-hydrogen) atoms. The molecule has 0 bridgehead atoms. The van der Waals surface area contributed by atoms with Crippen LogP contribution in [0.5, 0.6) is 0 Å². The Balaban J connectivity index is 2.19. The number of hydrogen-bond donors (Lipinski definition) is 1. The summed E-state index contributed by atoms with van der Waals surface area (Å²) in [5, 5.41) is 0. The highest BCUT2D eigenvalue weighted by Gasteiger charge is 2.42. The molecular weight excluding hydrogens is 184 g/mol. The summed E-state index contributed by atoms with van der Waals surface area (Å²) in [6.07, 6.45) is 2.52. The average molecular weight is 204 g/mol. The second kappa shape index (κ2) is 3.95. The maximum absolute atomic E-state index is 5.84. The first-order valence-electron chi connectivity index (χ1n) is 5.60. The van der Waals surface area contributed by atoms with Gasteiger partial charge in [-0.1, -0.05) is 24.3 Å². The zero-order valence-corrected chi connectivity index (χ0v) is 9.66. The van der Waals surface area contributed by atoms with E-state index < -0.39 is 0 Å². The second-order valence-electron chi connectivity index (χ2n) is 4.92. The molecule has 82 valence electrons. The van der Waals surface area contributed by atoms with E-state index in [1.54, 1.807) is 0 Å². The molecule has 0 radical (unpaired) electrons. The van der Waals surface area contributed by atoms with Crippen LogP contribution >= 0.6 is 0 Å². The quantitative estimate of drug-likeness (QED) is 0.809. The van der Waals surface area contributed by atoms with Crippen LogP contribution in [0.4, 0.5) is 0 Å². The van der Waals surface area contributed by atoms with Crippen molar-refractivity contribution in [2.24, 2.45) is 5.73 Å². The lowest BCUT2D eigenvalue weighted by atomic mass is 9.94. The molecule has 1 aromatic rings. The topological polar surface area (TPSA) is 29.3 Å². The van der Waals surface area contributed by atoms with Crippen LogP contribution in [0.25, 0.3) is 0 Å². The van der Waals surface area contributed by atoms with Gasteiger partial charge in [0.25, 0.3) is 0 Å². The SMILES string of the molecule is CN(C)Cc1cccc(C2(CN)CC2)c1. The van der Waals surface area contributed by atoms with Crippen LogP contribution in [-0.4, -0.2) is 25.5 Å². The van der Waals surface area contributed by atoms with Gasteiger partial charge < -0.3 is 10.6 Å². The third kappa shape index (κ3) is 2.21. The number of benzene rings is 1. The Morgan fingerprint density at radius 3 is 2.60 bits per heavy atom. The van der Waals surface area contributed by atoms with Gasteiger partial charge in [0.15, 0.2) is 0 Å². The van der Waals surface area contributed by atoms with Crippen molar-refractivity contribution in [3.8, 4) is 0 Å². The zero-order valence-electron chi connectivity index (χ0n) is 9.66. The van der Waals surface area contributed by atoms with Crippen LogP contribution in [0.3, 0.4) is 0 Å². The average Bonchev–Trinajstić information content (AvgIpc) is 2.97. The molecule has 2 heteroatoms. The lowest BCUT2D eigenvalue weighted by Crippen LogP contribution is -2.20. The van der Waals surface area contributed by atoms with Gasteiger partial charge in [0.2, 0.25) is 0 Å².